The molecule has 0 aromatic heterocycles. The Labute approximate surface area is 163 Å². The van der Waals surface area contributed by atoms with Gasteiger partial charge in [0.2, 0.25) is 0 Å². The van der Waals surface area contributed by atoms with Gasteiger partial charge in [0.05, 0.1) is 14.2 Å². The van der Waals surface area contributed by atoms with Gasteiger partial charge in [0, 0.05) is 22.3 Å². The van der Waals surface area contributed by atoms with Crippen LogP contribution in [0.15, 0.2) is 60.7 Å². The minimum Gasteiger partial charge on any atom is -0.493 e. The first kappa shape index (κ1) is 17.7. The third-order valence-electron chi connectivity index (χ3n) is 4.83. The van der Waals surface area contributed by atoms with Crippen molar-refractivity contribution in [1.29, 1.82) is 0 Å². The van der Waals surface area contributed by atoms with Gasteiger partial charge in [0.25, 0.3) is 0 Å². The van der Waals surface area contributed by atoms with Crippen molar-refractivity contribution in [3.05, 3.63) is 94.0 Å². The summed E-state index contributed by atoms with van der Waals surface area (Å²) in [6, 6.07) is 17.9. The molecular weight excluding hydrogens is 352 g/mol. The van der Waals surface area contributed by atoms with Gasteiger partial charge < -0.3 is 9.47 Å². The van der Waals surface area contributed by atoms with Crippen LogP contribution in [-0.4, -0.2) is 25.8 Å². The third-order valence-corrected chi connectivity index (χ3v) is 4.83. The number of fused-ring (bicyclic) bond motifs is 2. The molecular formula is C24H18O4. The van der Waals surface area contributed by atoms with Crippen LogP contribution < -0.4 is 9.47 Å². The summed E-state index contributed by atoms with van der Waals surface area (Å²) >= 11 is 0. The zero-order valence-electron chi connectivity index (χ0n) is 15.6. The van der Waals surface area contributed by atoms with Crippen LogP contribution in [-0.2, 0) is 0 Å². The quantitative estimate of drug-likeness (QED) is 0.491. The first-order valence-corrected chi connectivity index (χ1v) is 8.85. The molecule has 0 heterocycles. The van der Waals surface area contributed by atoms with Gasteiger partial charge in [0.1, 0.15) is 0 Å². The molecule has 0 bridgehead atoms. The Kier molecular flexibility index (Phi) is 4.53. The molecule has 0 fully saturated rings. The molecule has 0 aliphatic heterocycles. The second-order valence-corrected chi connectivity index (χ2v) is 6.46. The lowest BCUT2D eigenvalue weighted by Crippen LogP contribution is -2.20. The van der Waals surface area contributed by atoms with Gasteiger partial charge in [-0.05, 0) is 35.4 Å². The smallest absolute Gasteiger partial charge is 0.194 e. The van der Waals surface area contributed by atoms with Crippen molar-refractivity contribution in [3.63, 3.8) is 0 Å². The number of ketones is 2. The summed E-state index contributed by atoms with van der Waals surface area (Å²) in [5.74, 6) is 1.08. The molecule has 0 spiro atoms. The van der Waals surface area contributed by atoms with Crippen LogP contribution in [0, 0.1) is 0 Å². The van der Waals surface area contributed by atoms with E-state index in [1.54, 1.807) is 50.6 Å². The van der Waals surface area contributed by atoms with Crippen molar-refractivity contribution in [2.45, 2.75) is 0 Å². The number of hydrogen-bond donors (Lipinski definition) is 0. The molecule has 1 aliphatic rings. The Morgan fingerprint density at radius 2 is 1.14 bits per heavy atom. The standard InChI is InChI=1S/C24H18O4/c1-27-21-12-10-16(14-22(21)28-2)8-7-15-9-11-19-20(13-15)24(26)18-6-4-3-5-17(18)23(19)25/h3-14H,1-2H3. The Bertz CT molecular complexity index is 1130. The molecule has 4 heteroatoms. The second-order valence-electron chi connectivity index (χ2n) is 6.46. The highest BCUT2D eigenvalue weighted by atomic mass is 16.5. The Balaban J connectivity index is 1.68. The minimum atomic E-state index is -0.119. The van der Waals surface area contributed by atoms with Gasteiger partial charge in [0.15, 0.2) is 23.1 Å². The van der Waals surface area contributed by atoms with Crippen LogP contribution in [0.3, 0.4) is 0 Å². The lowest BCUT2D eigenvalue weighted by Gasteiger charge is -2.17. The van der Waals surface area contributed by atoms with Crippen molar-refractivity contribution in [1.82, 2.24) is 0 Å². The lowest BCUT2D eigenvalue weighted by molar-refractivity contribution is 0.0979. The topological polar surface area (TPSA) is 52.6 Å². The average Bonchev–Trinajstić information content (AvgIpc) is 2.75. The van der Waals surface area contributed by atoms with Gasteiger partial charge in [-0.25, -0.2) is 0 Å². The Morgan fingerprint density at radius 1 is 0.607 bits per heavy atom. The lowest BCUT2D eigenvalue weighted by atomic mass is 9.83. The van der Waals surface area contributed by atoms with Gasteiger partial charge in [-0.1, -0.05) is 48.6 Å². The minimum absolute atomic E-state index is 0.111. The van der Waals surface area contributed by atoms with Crippen molar-refractivity contribution < 1.29 is 19.1 Å². The fraction of sp³-hybridized carbons (Fsp3) is 0.0833. The maximum atomic E-state index is 12.8. The summed E-state index contributed by atoms with van der Waals surface area (Å²) in [4.78, 5) is 25.5. The molecule has 0 amide bonds. The fourth-order valence-corrected chi connectivity index (χ4v) is 3.37. The van der Waals surface area contributed by atoms with Gasteiger partial charge in [-0.2, -0.15) is 0 Å². The summed E-state index contributed by atoms with van der Waals surface area (Å²) in [6.07, 6.45) is 3.83. The summed E-state index contributed by atoms with van der Waals surface area (Å²) in [5, 5.41) is 0. The Hall–Kier alpha value is -3.66. The molecule has 0 N–H and O–H groups in total. The zero-order valence-corrected chi connectivity index (χ0v) is 15.6. The first-order valence-electron chi connectivity index (χ1n) is 8.85. The Morgan fingerprint density at radius 3 is 1.79 bits per heavy atom. The molecule has 0 radical (unpaired) electrons. The highest BCUT2D eigenvalue weighted by molar-refractivity contribution is 6.28. The van der Waals surface area contributed by atoms with E-state index in [-0.39, 0.29) is 11.6 Å². The van der Waals surface area contributed by atoms with Gasteiger partial charge in [-0.15, -0.1) is 0 Å². The van der Waals surface area contributed by atoms with Crippen LogP contribution in [0.2, 0.25) is 0 Å². The van der Waals surface area contributed by atoms with Gasteiger partial charge in [-0.3, -0.25) is 9.59 Å². The number of rotatable bonds is 4. The molecule has 0 atom stereocenters. The molecule has 0 unspecified atom stereocenters. The van der Waals surface area contributed by atoms with E-state index in [1.807, 2.05) is 36.4 Å². The molecule has 28 heavy (non-hydrogen) atoms. The van der Waals surface area contributed by atoms with Crippen LogP contribution in [0.25, 0.3) is 12.2 Å². The summed E-state index contributed by atoms with van der Waals surface area (Å²) in [6.45, 7) is 0. The number of ether oxygens (including phenoxy) is 2. The molecule has 0 saturated carbocycles. The molecule has 1 aliphatic carbocycles. The van der Waals surface area contributed by atoms with E-state index >= 15 is 0 Å². The van der Waals surface area contributed by atoms with E-state index in [0.29, 0.717) is 33.8 Å². The second kappa shape index (κ2) is 7.16. The van der Waals surface area contributed by atoms with Crippen LogP contribution in [0.4, 0.5) is 0 Å². The van der Waals surface area contributed by atoms with Crippen molar-refractivity contribution >= 4 is 23.7 Å². The van der Waals surface area contributed by atoms with E-state index in [1.165, 1.54) is 0 Å². The van der Waals surface area contributed by atoms with Crippen molar-refractivity contribution in [2.24, 2.45) is 0 Å². The first-order chi connectivity index (χ1) is 13.6. The summed E-state index contributed by atoms with van der Waals surface area (Å²) in [7, 11) is 3.19. The SMILES string of the molecule is COc1ccc(C=Cc2ccc3c(c2)C(=O)c2ccccc2C3=O)cc1OC. The fourth-order valence-electron chi connectivity index (χ4n) is 3.37. The molecule has 4 nitrogen and oxygen atoms in total. The molecule has 3 aromatic carbocycles. The molecule has 3 aromatic rings. The third kappa shape index (κ3) is 2.99. The largest absolute Gasteiger partial charge is 0.493 e. The maximum absolute atomic E-state index is 12.8. The number of carbonyl (C=O) groups is 2. The van der Waals surface area contributed by atoms with Crippen LogP contribution in [0.5, 0.6) is 11.5 Å². The molecule has 0 saturated heterocycles. The van der Waals surface area contributed by atoms with E-state index in [9.17, 15) is 9.59 Å². The summed E-state index contributed by atoms with van der Waals surface area (Å²) in [5.41, 5.74) is 3.59. The zero-order chi connectivity index (χ0) is 19.7. The van der Waals surface area contributed by atoms with E-state index in [4.69, 9.17) is 9.47 Å². The maximum Gasteiger partial charge on any atom is 0.194 e. The summed E-state index contributed by atoms with van der Waals surface area (Å²) < 4.78 is 10.6. The predicted octanol–water partition coefficient (Wildman–Crippen LogP) is 4.65. The highest BCUT2D eigenvalue weighted by Gasteiger charge is 2.29. The normalized spacial score (nSPS) is 12.6. The predicted molar refractivity (Wildman–Crippen MR) is 108 cm³/mol. The van der Waals surface area contributed by atoms with Crippen molar-refractivity contribution in [3.8, 4) is 11.5 Å². The van der Waals surface area contributed by atoms with Crippen LogP contribution in [0.1, 0.15) is 43.0 Å². The van der Waals surface area contributed by atoms with Crippen LogP contribution >= 0.6 is 0 Å². The average molecular weight is 370 g/mol. The molecule has 4 rings (SSSR count). The van der Waals surface area contributed by atoms with Crippen molar-refractivity contribution in [2.75, 3.05) is 14.2 Å². The molecule has 138 valence electrons. The highest BCUT2D eigenvalue weighted by Crippen LogP contribution is 2.30. The number of carbonyl (C=O) groups excluding carboxylic acids is 2. The number of methoxy groups -OCH3 is 2. The van der Waals surface area contributed by atoms with E-state index in [0.717, 1.165) is 11.1 Å². The number of benzene rings is 3. The monoisotopic (exact) mass is 370 g/mol. The number of hydrogen-bond acceptors (Lipinski definition) is 4. The van der Waals surface area contributed by atoms with E-state index < -0.39 is 0 Å². The van der Waals surface area contributed by atoms with Gasteiger partial charge >= 0.3 is 0 Å². The van der Waals surface area contributed by atoms with E-state index in [2.05, 4.69) is 0 Å².